The summed E-state index contributed by atoms with van der Waals surface area (Å²) in [4.78, 5) is 24.4. The molecular weight excluding hydrogens is 402 g/mol. The van der Waals surface area contributed by atoms with E-state index in [2.05, 4.69) is 19.2 Å². The highest BCUT2D eigenvalue weighted by Crippen LogP contribution is 2.10. The number of amides is 1. The van der Waals surface area contributed by atoms with Gasteiger partial charge in [0.15, 0.2) is 0 Å². The quantitative estimate of drug-likeness (QED) is 0.125. The number of rotatable bonds is 23. The fraction of sp³-hybridized carbons (Fsp3) is 0.926. The first-order valence-corrected chi connectivity index (χ1v) is 13.8. The molecule has 0 unspecified atom stereocenters. The Balaban J connectivity index is 3.78. The summed E-state index contributed by atoms with van der Waals surface area (Å²) in [6.45, 7) is 7.30. The van der Waals surface area contributed by atoms with Gasteiger partial charge in [-0.25, -0.2) is 9.59 Å². The second-order valence-electron chi connectivity index (χ2n) is 9.09. The van der Waals surface area contributed by atoms with Crippen LogP contribution in [0, 0.1) is 0 Å². The van der Waals surface area contributed by atoms with Gasteiger partial charge in [-0.2, -0.15) is 0 Å². The van der Waals surface area contributed by atoms with E-state index < -0.39 is 12.1 Å². The summed E-state index contributed by atoms with van der Waals surface area (Å²) >= 11 is 0. The van der Waals surface area contributed by atoms with Crippen LogP contribution >= 0.6 is 0 Å². The molecule has 1 N–H and O–H groups in total. The molecule has 0 saturated heterocycles. The Morgan fingerprint density at radius 3 is 1.41 bits per heavy atom. The Hall–Kier alpha value is -1.26. The lowest BCUT2D eigenvalue weighted by Crippen LogP contribution is -2.42. The number of unbranched alkanes of at least 4 members (excludes halogenated alkanes) is 15. The van der Waals surface area contributed by atoms with Crippen molar-refractivity contribution in [3.63, 3.8) is 0 Å². The van der Waals surface area contributed by atoms with E-state index in [-0.39, 0.29) is 5.97 Å². The summed E-state index contributed by atoms with van der Waals surface area (Å²) in [6, 6.07) is -0.607. The van der Waals surface area contributed by atoms with Gasteiger partial charge in [-0.15, -0.1) is 0 Å². The third-order valence-electron chi connectivity index (χ3n) is 5.88. The standard InChI is InChI=1S/C27H53NO4/c1-4-7-9-11-13-15-17-18-20-23-31-26(29)25(22-6-3)28-27(30)32-24-21-19-16-14-12-10-8-5-2/h25H,4-24H2,1-3H3,(H,28,30)/t25-/m0/s1. The summed E-state index contributed by atoms with van der Waals surface area (Å²) in [6.07, 6.45) is 21.6. The molecule has 0 aromatic carbocycles. The van der Waals surface area contributed by atoms with E-state index in [1.165, 1.54) is 83.5 Å². The molecule has 0 aliphatic heterocycles. The van der Waals surface area contributed by atoms with Gasteiger partial charge in [-0.1, -0.05) is 124 Å². The first-order valence-electron chi connectivity index (χ1n) is 13.8. The Bertz CT molecular complexity index is 428. The third-order valence-corrected chi connectivity index (χ3v) is 5.88. The smallest absolute Gasteiger partial charge is 0.407 e. The number of carbonyl (C=O) groups is 2. The van der Waals surface area contributed by atoms with Crippen LogP contribution in [0.2, 0.25) is 0 Å². The topological polar surface area (TPSA) is 64.6 Å². The van der Waals surface area contributed by atoms with Crippen molar-refractivity contribution in [2.45, 2.75) is 149 Å². The van der Waals surface area contributed by atoms with Crippen LogP contribution in [-0.2, 0) is 14.3 Å². The highest BCUT2D eigenvalue weighted by Gasteiger charge is 2.21. The molecule has 0 aliphatic carbocycles. The zero-order valence-electron chi connectivity index (χ0n) is 21.6. The Kier molecular flexibility index (Phi) is 23.4. The van der Waals surface area contributed by atoms with Gasteiger partial charge in [-0.3, -0.25) is 0 Å². The Morgan fingerprint density at radius 1 is 0.562 bits per heavy atom. The van der Waals surface area contributed by atoms with Crippen molar-refractivity contribution in [3.05, 3.63) is 0 Å². The van der Waals surface area contributed by atoms with Gasteiger partial charge in [0.05, 0.1) is 13.2 Å². The van der Waals surface area contributed by atoms with Gasteiger partial charge in [0, 0.05) is 0 Å². The Morgan fingerprint density at radius 2 is 0.969 bits per heavy atom. The molecule has 5 nitrogen and oxygen atoms in total. The van der Waals surface area contributed by atoms with E-state index in [9.17, 15) is 9.59 Å². The van der Waals surface area contributed by atoms with Gasteiger partial charge in [-0.05, 0) is 19.3 Å². The molecule has 0 aromatic rings. The van der Waals surface area contributed by atoms with Crippen molar-refractivity contribution in [1.82, 2.24) is 5.32 Å². The van der Waals surface area contributed by atoms with E-state index in [1.807, 2.05) is 6.92 Å². The summed E-state index contributed by atoms with van der Waals surface area (Å²) in [5.74, 6) is -0.338. The van der Waals surface area contributed by atoms with E-state index >= 15 is 0 Å². The molecule has 0 heterocycles. The predicted molar refractivity (Wildman–Crippen MR) is 134 cm³/mol. The van der Waals surface area contributed by atoms with E-state index in [4.69, 9.17) is 9.47 Å². The van der Waals surface area contributed by atoms with Crippen LogP contribution in [0.3, 0.4) is 0 Å². The van der Waals surface area contributed by atoms with Gasteiger partial charge in [0.25, 0.3) is 0 Å². The molecule has 0 radical (unpaired) electrons. The van der Waals surface area contributed by atoms with Crippen LogP contribution in [0.1, 0.15) is 143 Å². The minimum absolute atomic E-state index is 0.338. The van der Waals surface area contributed by atoms with Crippen molar-refractivity contribution >= 4 is 12.1 Å². The van der Waals surface area contributed by atoms with E-state index in [0.717, 1.165) is 32.1 Å². The first-order chi connectivity index (χ1) is 15.7. The van der Waals surface area contributed by atoms with Crippen molar-refractivity contribution in [2.24, 2.45) is 0 Å². The van der Waals surface area contributed by atoms with Gasteiger partial charge >= 0.3 is 12.1 Å². The molecule has 0 saturated carbocycles. The van der Waals surface area contributed by atoms with E-state index in [0.29, 0.717) is 19.6 Å². The molecule has 0 spiro atoms. The summed E-state index contributed by atoms with van der Waals surface area (Å²) in [7, 11) is 0. The van der Waals surface area contributed by atoms with Crippen LogP contribution in [-0.4, -0.2) is 31.3 Å². The number of nitrogens with one attached hydrogen (secondary N) is 1. The molecule has 1 amide bonds. The predicted octanol–water partition coefficient (Wildman–Crippen LogP) is 8.10. The third kappa shape index (κ3) is 20.6. The molecular formula is C27H53NO4. The van der Waals surface area contributed by atoms with Gasteiger partial charge in [0.1, 0.15) is 6.04 Å². The van der Waals surface area contributed by atoms with Gasteiger partial charge < -0.3 is 14.8 Å². The summed E-state index contributed by atoms with van der Waals surface area (Å²) in [5, 5.41) is 2.69. The van der Waals surface area contributed by atoms with Crippen molar-refractivity contribution in [2.75, 3.05) is 13.2 Å². The molecule has 1 atom stereocenters. The second-order valence-corrected chi connectivity index (χ2v) is 9.09. The normalized spacial score (nSPS) is 11.8. The zero-order valence-corrected chi connectivity index (χ0v) is 21.6. The number of alkyl carbamates (subject to hydrolysis) is 1. The highest BCUT2D eigenvalue weighted by atomic mass is 16.6. The van der Waals surface area contributed by atoms with Gasteiger partial charge in [0.2, 0.25) is 0 Å². The minimum atomic E-state index is -0.607. The highest BCUT2D eigenvalue weighted by molar-refractivity contribution is 5.81. The van der Waals surface area contributed by atoms with Crippen molar-refractivity contribution in [3.8, 4) is 0 Å². The SMILES string of the molecule is CCCCCCCCCCCOC(=O)[C@H](CCC)NC(=O)OCCCCCCCCCC. The number of ether oxygens (including phenoxy) is 2. The van der Waals surface area contributed by atoms with Crippen molar-refractivity contribution in [1.29, 1.82) is 0 Å². The van der Waals surface area contributed by atoms with E-state index in [1.54, 1.807) is 0 Å². The second kappa shape index (κ2) is 24.4. The maximum absolute atomic E-state index is 12.3. The first kappa shape index (κ1) is 30.7. The lowest BCUT2D eigenvalue weighted by Gasteiger charge is -2.17. The minimum Gasteiger partial charge on any atom is -0.464 e. The zero-order chi connectivity index (χ0) is 23.7. The molecule has 0 rings (SSSR count). The number of esters is 1. The van der Waals surface area contributed by atoms with Crippen LogP contribution < -0.4 is 5.32 Å². The summed E-state index contributed by atoms with van der Waals surface area (Å²) < 4.78 is 10.7. The average molecular weight is 456 g/mol. The fourth-order valence-electron chi connectivity index (χ4n) is 3.81. The average Bonchev–Trinajstić information content (AvgIpc) is 2.78. The number of hydrogen-bond acceptors (Lipinski definition) is 4. The molecule has 5 heteroatoms. The monoisotopic (exact) mass is 455 g/mol. The Labute approximate surface area is 198 Å². The molecule has 0 bridgehead atoms. The molecule has 0 aromatic heterocycles. The van der Waals surface area contributed by atoms with Crippen LogP contribution in [0.25, 0.3) is 0 Å². The lowest BCUT2D eigenvalue weighted by atomic mass is 10.1. The van der Waals surface area contributed by atoms with Crippen LogP contribution in [0.4, 0.5) is 4.79 Å². The number of carbonyl (C=O) groups excluding carboxylic acids is 2. The molecule has 0 fully saturated rings. The number of hydrogen-bond donors (Lipinski definition) is 1. The maximum atomic E-state index is 12.3. The summed E-state index contributed by atoms with van der Waals surface area (Å²) in [5.41, 5.74) is 0. The van der Waals surface area contributed by atoms with Crippen LogP contribution in [0.5, 0.6) is 0 Å². The molecule has 0 aliphatic rings. The fourth-order valence-corrected chi connectivity index (χ4v) is 3.81. The maximum Gasteiger partial charge on any atom is 0.407 e. The van der Waals surface area contributed by atoms with Crippen LogP contribution in [0.15, 0.2) is 0 Å². The molecule has 32 heavy (non-hydrogen) atoms. The lowest BCUT2D eigenvalue weighted by molar-refractivity contribution is -0.146. The molecule has 190 valence electrons. The van der Waals surface area contributed by atoms with Crippen molar-refractivity contribution < 1.29 is 19.1 Å². The largest absolute Gasteiger partial charge is 0.464 e.